The van der Waals surface area contributed by atoms with Crippen LogP contribution in [0.1, 0.15) is 24.2 Å². The van der Waals surface area contributed by atoms with E-state index in [1.54, 1.807) is 30.3 Å². The third-order valence-electron chi connectivity index (χ3n) is 4.10. The van der Waals surface area contributed by atoms with Gasteiger partial charge in [-0.05, 0) is 58.8 Å². The predicted octanol–water partition coefficient (Wildman–Crippen LogP) is 5.87. The summed E-state index contributed by atoms with van der Waals surface area (Å²) < 4.78 is 0.586. The van der Waals surface area contributed by atoms with Crippen LogP contribution in [0.2, 0.25) is 15.1 Å². The number of halogens is 4. The number of hydrogen-bond acceptors (Lipinski definition) is 2. The van der Waals surface area contributed by atoms with E-state index in [0.29, 0.717) is 35.6 Å². The number of fused-ring (bicyclic) bond motifs is 1. The van der Waals surface area contributed by atoms with E-state index in [1.807, 2.05) is 36.4 Å². The summed E-state index contributed by atoms with van der Waals surface area (Å²) in [7, 11) is 0. The fourth-order valence-corrected chi connectivity index (χ4v) is 4.18. The molecule has 1 aliphatic heterocycles. The normalized spacial score (nSPS) is 16.5. The summed E-state index contributed by atoms with van der Waals surface area (Å²) in [5.74, 6) is -0.697. The molecular formula is C18H14Cl3IN2O2. The summed E-state index contributed by atoms with van der Waals surface area (Å²) in [6, 6.07) is 7.52. The first-order valence-electron chi connectivity index (χ1n) is 7.79. The van der Waals surface area contributed by atoms with E-state index in [4.69, 9.17) is 34.8 Å². The van der Waals surface area contributed by atoms with Crippen molar-refractivity contribution < 1.29 is 9.59 Å². The number of nitrogens with zero attached hydrogens (tertiary/aromatic N) is 1. The number of anilines is 2. The molecule has 4 nitrogen and oxygen atoms in total. The van der Waals surface area contributed by atoms with Gasteiger partial charge in [0.15, 0.2) is 0 Å². The van der Waals surface area contributed by atoms with Gasteiger partial charge in [-0.2, -0.15) is 0 Å². The van der Waals surface area contributed by atoms with Crippen LogP contribution in [0.25, 0.3) is 0 Å². The van der Waals surface area contributed by atoms with Crippen LogP contribution in [0.3, 0.4) is 0 Å². The van der Waals surface area contributed by atoms with Gasteiger partial charge < -0.3 is 5.32 Å². The summed E-state index contributed by atoms with van der Waals surface area (Å²) in [4.78, 5) is 27.6. The van der Waals surface area contributed by atoms with E-state index in [1.165, 1.54) is 4.90 Å². The Kier molecular flexibility index (Phi) is 5.72. The van der Waals surface area contributed by atoms with Crippen LogP contribution in [0, 0.1) is 9.49 Å². The number of carbonyl (C=O) groups excluding carboxylic acids is 2. The van der Waals surface area contributed by atoms with Crippen molar-refractivity contribution in [2.24, 2.45) is 5.92 Å². The number of rotatable bonds is 2. The van der Waals surface area contributed by atoms with E-state index in [-0.39, 0.29) is 17.7 Å². The zero-order chi connectivity index (χ0) is 19.2. The second-order valence-corrected chi connectivity index (χ2v) is 8.62. The highest BCUT2D eigenvalue weighted by atomic mass is 127. The maximum absolute atomic E-state index is 13.4. The average molecular weight is 524 g/mol. The predicted molar refractivity (Wildman–Crippen MR) is 115 cm³/mol. The van der Waals surface area contributed by atoms with E-state index >= 15 is 0 Å². The fourth-order valence-electron chi connectivity index (χ4n) is 2.97. The van der Waals surface area contributed by atoms with Gasteiger partial charge in [-0.25, -0.2) is 0 Å². The Hall–Kier alpha value is -1.02. The van der Waals surface area contributed by atoms with Crippen molar-refractivity contribution in [2.45, 2.75) is 19.9 Å². The highest BCUT2D eigenvalue weighted by molar-refractivity contribution is 14.1. The Morgan fingerprint density at radius 2 is 1.85 bits per heavy atom. The highest BCUT2D eigenvalue weighted by Gasteiger charge is 2.39. The van der Waals surface area contributed by atoms with E-state index < -0.39 is 6.04 Å². The summed E-state index contributed by atoms with van der Waals surface area (Å²) in [6.45, 7) is 3.78. The van der Waals surface area contributed by atoms with Gasteiger partial charge in [0.05, 0.1) is 22.0 Å². The Morgan fingerprint density at radius 1 is 1.15 bits per heavy atom. The van der Waals surface area contributed by atoms with Crippen molar-refractivity contribution in [1.82, 2.24) is 0 Å². The van der Waals surface area contributed by atoms with Gasteiger partial charge in [0, 0.05) is 13.6 Å². The lowest BCUT2D eigenvalue weighted by Crippen LogP contribution is -2.53. The molecule has 8 heteroatoms. The Bertz CT molecular complexity index is 918. The van der Waals surface area contributed by atoms with Crippen LogP contribution in [-0.4, -0.2) is 17.9 Å². The zero-order valence-electron chi connectivity index (χ0n) is 13.8. The summed E-state index contributed by atoms with van der Waals surface area (Å²) in [6.07, 6.45) is 0. The molecule has 0 spiro atoms. The maximum atomic E-state index is 13.4. The third-order valence-corrected chi connectivity index (χ3v) is 6.33. The lowest BCUT2D eigenvalue weighted by molar-refractivity contribution is -0.118. The number of hydrogen-bond donors (Lipinski definition) is 1. The molecular weight excluding hydrogens is 509 g/mol. The molecule has 0 radical (unpaired) electrons. The molecule has 2 aromatic carbocycles. The van der Waals surface area contributed by atoms with Crippen LogP contribution < -0.4 is 10.2 Å². The van der Waals surface area contributed by atoms with Gasteiger partial charge in [0.2, 0.25) is 5.91 Å². The summed E-state index contributed by atoms with van der Waals surface area (Å²) in [5, 5.41) is 4.05. The standard InChI is InChI=1S/C18H14Cl3IN2O2/c1-8(2)16-17(25)23-13-7-9(19)3-4-14(13)24(16)18(26)11-5-10(20)6-12(21)15(11)22/h3-8,16H,1-2H3,(H,23,25). The fraction of sp³-hybridized carbons (Fsp3) is 0.222. The van der Waals surface area contributed by atoms with Crippen LogP contribution in [0.5, 0.6) is 0 Å². The SMILES string of the molecule is CC(C)C1C(=O)Nc2cc(Cl)ccc2N1C(=O)c1cc(Cl)cc(Cl)c1I. The number of benzene rings is 2. The first-order chi connectivity index (χ1) is 12.2. The molecule has 0 saturated heterocycles. The van der Waals surface area contributed by atoms with Crippen LogP contribution in [0.4, 0.5) is 11.4 Å². The largest absolute Gasteiger partial charge is 0.322 e. The highest BCUT2D eigenvalue weighted by Crippen LogP contribution is 2.38. The topological polar surface area (TPSA) is 49.4 Å². The van der Waals surface area contributed by atoms with Crippen molar-refractivity contribution in [2.75, 3.05) is 10.2 Å². The minimum Gasteiger partial charge on any atom is -0.322 e. The van der Waals surface area contributed by atoms with Crippen LogP contribution in [0.15, 0.2) is 30.3 Å². The first-order valence-corrected chi connectivity index (χ1v) is 10.0. The second-order valence-electron chi connectivity index (χ2n) is 6.26. The Balaban J connectivity index is 2.20. The second kappa shape index (κ2) is 7.54. The molecule has 0 aromatic heterocycles. The van der Waals surface area contributed by atoms with Crippen molar-refractivity contribution in [3.63, 3.8) is 0 Å². The molecule has 1 unspecified atom stereocenters. The van der Waals surface area contributed by atoms with Crippen molar-refractivity contribution in [3.8, 4) is 0 Å². The molecule has 0 fully saturated rings. The minimum atomic E-state index is -0.662. The molecule has 1 aliphatic rings. The molecule has 0 aliphatic carbocycles. The molecule has 0 bridgehead atoms. The summed E-state index contributed by atoms with van der Waals surface area (Å²) in [5.41, 5.74) is 1.44. The molecule has 2 aromatic rings. The smallest absolute Gasteiger partial charge is 0.260 e. The van der Waals surface area contributed by atoms with Crippen LogP contribution >= 0.6 is 57.4 Å². The Labute approximate surface area is 179 Å². The Morgan fingerprint density at radius 3 is 2.50 bits per heavy atom. The number of amides is 2. The molecule has 0 saturated carbocycles. The van der Waals surface area contributed by atoms with E-state index in [2.05, 4.69) is 5.32 Å². The van der Waals surface area contributed by atoms with Crippen LogP contribution in [-0.2, 0) is 4.79 Å². The average Bonchev–Trinajstić information content (AvgIpc) is 2.55. The monoisotopic (exact) mass is 522 g/mol. The number of nitrogens with one attached hydrogen (secondary N) is 1. The van der Waals surface area contributed by atoms with Gasteiger partial charge in [-0.15, -0.1) is 0 Å². The van der Waals surface area contributed by atoms with Gasteiger partial charge in [0.1, 0.15) is 6.04 Å². The quantitative estimate of drug-likeness (QED) is 0.395. The molecule has 3 rings (SSSR count). The molecule has 1 atom stereocenters. The maximum Gasteiger partial charge on any atom is 0.260 e. The molecule has 1 heterocycles. The lowest BCUT2D eigenvalue weighted by atomic mass is 9.96. The van der Waals surface area contributed by atoms with E-state index in [0.717, 1.165) is 0 Å². The number of carbonyl (C=O) groups is 2. The zero-order valence-corrected chi connectivity index (χ0v) is 18.2. The van der Waals surface area contributed by atoms with Gasteiger partial charge in [-0.3, -0.25) is 14.5 Å². The van der Waals surface area contributed by atoms with Gasteiger partial charge >= 0.3 is 0 Å². The minimum absolute atomic E-state index is 0.102. The molecule has 2 amide bonds. The van der Waals surface area contributed by atoms with Gasteiger partial charge in [-0.1, -0.05) is 48.7 Å². The lowest BCUT2D eigenvalue weighted by Gasteiger charge is -2.38. The molecule has 136 valence electrons. The third kappa shape index (κ3) is 3.54. The van der Waals surface area contributed by atoms with Crippen molar-refractivity contribution in [3.05, 3.63) is 54.5 Å². The van der Waals surface area contributed by atoms with Crippen molar-refractivity contribution in [1.29, 1.82) is 0 Å². The first kappa shape index (κ1) is 19.7. The molecule has 1 N–H and O–H groups in total. The van der Waals surface area contributed by atoms with Crippen molar-refractivity contribution >= 4 is 80.6 Å². The van der Waals surface area contributed by atoms with E-state index in [9.17, 15) is 9.59 Å². The summed E-state index contributed by atoms with van der Waals surface area (Å²) >= 11 is 20.3. The molecule has 26 heavy (non-hydrogen) atoms. The van der Waals surface area contributed by atoms with Gasteiger partial charge in [0.25, 0.3) is 5.91 Å².